The Morgan fingerprint density at radius 2 is 1.89 bits per heavy atom. The van der Waals surface area contributed by atoms with E-state index in [1.807, 2.05) is 0 Å². The topological polar surface area (TPSA) is 63.7 Å². The number of benzene rings is 1. The summed E-state index contributed by atoms with van der Waals surface area (Å²) in [4.78, 5) is 19.8. The zero-order chi connectivity index (χ0) is 20.7. The van der Waals surface area contributed by atoms with E-state index in [-0.39, 0.29) is 11.5 Å². The minimum Gasteiger partial charge on any atom is -0.359 e. The lowest BCUT2D eigenvalue weighted by Gasteiger charge is -2.20. The summed E-state index contributed by atoms with van der Waals surface area (Å²) in [6.45, 7) is 11.8. The molecule has 144 valence electrons. The Balaban J connectivity index is 2.09. The third-order valence-electron chi connectivity index (χ3n) is 3.97. The van der Waals surface area contributed by atoms with E-state index in [1.165, 1.54) is 28.9 Å². The van der Waals surface area contributed by atoms with Gasteiger partial charge in [-0.1, -0.05) is 33.4 Å². The predicted octanol–water partition coefficient (Wildman–Crippen LogP) is 4.95. The van der Waals surface area contributed by atoms with E-state index in [0.717, 1.165) is 6.07 Å². The fourth-order valence-electron chi connectivity index (χ4n) is 2.43. The second-order valence-electron chi connectivity index (χ2n) is 7.19. The largest absolute Gasteiger partial charge is 0.418 e. The third kappa shape index (κ3) is 3.81. The van der Waals surface area contributed by atoms with Crippen LogP contribution in [-0.4, -0.2) is 20.5 Å². The first-order valence-electron chi connectivity index (χ1n) is 8.26. The van der Waals surface area contributed by atoms with Crippen molar-refractivity contribution in [2.45, 2.75) is 26.9 Å². The number of carbonyl (C=O) groups is 1. The van der Waals surface area contributed by atoms with Crippen LogP contribution < -0.4 is 5.32 Å². The van der Waals surface area contributed by atoms with Crippen molar-refractivity contribution in [1.29, 1.82) is 0 Å². The lowest BCUT2D eigenvalue weighted by molar-refractivity contribution is -0.137. The number of hydrogen-bond donors (Lipinski definition) is 1. The van der Waals surface area contributed by atoms with E-state index in [0.29, 0.717) is 16.9 Å². The summed E-state index contributed by atoms with van der Waals surface area (Å²) in [6, 6.07) is 6.53. The van der Waals surface area contributed by atoms with Crippen molar-refractivity contribution in [1.82, 2.24) is 14.6 Å². The summed E-state index contributed by atoms with van der Waals surface area (Å²) in [7, 11) is 0. The number of amides is 1. The van der Waals surface area contributed by atoms with Crippen LogP contribution in [-0.2, 0) is 11.0 Å². The van der Waals surface area contributed by atoms with Crippen LogP contribution in [0.5, 0.6) is 0 Å². The van der Waals surface area contributed by atoms with Gasteiger partial charge in [0.2, 0.25) is 5.91 Å². The van der Waals surface area contributed by atoms with Crippen LogP contribution in [0, 0.1) is 12.0 Å². The van der Waals surface area contributed by atoms with Gasteiger partial charge in [0.25, 0.3) is 5.82 Å². The average Bonchev–Trinajstić information content (AvgIpc) is 3.02. The monoisotopic (exact) mass is 387 g/mol. The molecule has 0 spiro atoms. The number of imidazole rings is 1. The van der Waals surface area contributed by atoms with Gasteiger partial charge in [-0.25, -0.2) is 4.98 Å². The molecule has 2 heterocycles. The highest BCUT2D eigenvalue weighted by Crippen LogP contribution is 2.37. The second-order valence-corrected chi connectivity index (χ2v) is 7.19. The minimum atomic E-state index is -4.62. The number of carbonyl (C=O) groups excluding carboxylic acids is 1. The molecule has 2 aromatic heterocycles. The molecule has 3 aromatic rings. The van der Waals surface area contributed by atoms with Crippen molar-refractivity contribution < 1.29 is 18.0 Å². The zero-order valence-electron chi connectivity index (χ0n) is 15.3. The molecule has 0 aliphatic heterocycles. The Hall–Kier alpha value is -3.41. The van der Waals surface area contributed by atoms with Crippen molar-refractivity contribution in [3.8, 4) is 11.3 Å². The quantitative estimate of drug-likeness (QED) is 0.633. The van der Waals surface area contributed by atoms with E-state index in [2.05, 4.69) is 20.2 Å². The molecule has 0 fully saturated rings. The highest BCUT2D eigenvalue weighted by atomic mass is 19.4. The van der Waals surface area contributed by atoms with Crippen molar-refractivity contribution in [2.75, 3.05) is 5.32 Å². The molecular weight excluding hydrogens is 371 g/mol. The van der Waals surface area contributed by atoms with Crippen LogP contribution in [0.3, 0.4) is 0 Å². The van der Waals surface area contributed by atoms with Crippen molar-refractivity contribution in [3.63, 3.8) is 0 Å². The number of aromatic nitrogens is 3. The molecule has 0 saturated heterocycles. The standard InChI is InChI=1S/C19H16F3N5O/c1-18(2,3)17(28)25-13-9-11(5-6-12(13)19(20,21)22)14-10-27-16(24-14)8-7-15(23-4)26-27/h5-10H,1-3H3,(H,25,28). The summed E-state index contributed by atoms with van der Waals surface area (Å²) < 4.78 is 41.5. The number of nitrogens with one attached hydrogen (secondary N) is 1. The number of rotatable bonds is 2. The Bertz CT molecular complexity index is 1100. The van der Waals surface area contributed by atoms with Crippen LogP contribution in [0.1, 0.15) is 26.3 Å². The maximum atomic E-state index is 13.4. The maximum absolute atomic E-state index is 13.4. The van der Waals surface area contributed by atoms with Gasteiger partial charge in [0.05, 0.1) is 23.1 Å². The molecule has 1 amide bonds. The fraction of sp³-hybridized carbons (Fsp3) is 0.263. The molecular formula is C19H16F3N5O. The molecule has 0 atom stereocenters. The first kappa shape index (κ1) is 19.4. The van der Waals surface area contributed by atoms with Gasteiger partial charge in [-0.2, -0.15) is 13.2 Å². The SMILES string of the molecule is [C-]#[N+]c1ccc2nc(-c3ccc(C(F)(F)F)c(NC(=O)C(C)(C)C)c3)cn2n1. The Kier molecular flexibility index (Phi) is 4.59. The van der Waals surface area contributed by atoms with Crippen LogP contribution in [0.15, 0.2) is 36.5 Å². The number of hydrogen-bond acceptors (Lipinski definition) is 3. The molecule has 1 N–H and O–H groups in total. The number of alkyl halides is 3. The Morgan fingerprint density at radius 1 is 1.18 bits per heavy atom. The number of nitrogens with zero attached hydrogens (tertiary/aromatic N) is 4. The summed E-state index contributed by atoms with van der Waals surface area (Å²) in [5, 5.41) is 6.42. The van der Waals surface area contributed by atoms with Crippen LogP contribution in [0.2, 0.25) is 0 Å². The molecule has 0 aliphatic carbocycles. The fourth-order valence-corrected chi connectivity index (χ4v) is 2.43. The first-order chi connectivity index (χ1) is 13.0. The van der Waals surface area contributed by atoms with Gasteiger partial charge in [-0.15, -0.1) is 4.52 Å². The average molecular weight is 387 g/mol. The minimum absolute atomic E-state index is 0.169. The number of halogens is 3. The molecule has 0 radical (unpaired) electrons. The van der Waals surface area contributed by atoms with Crippen molar-refractivity contribution in [2.24, 2.45) is 5.41 Å². The Labute approximate surface area is 158 Å². The molecule has 0 bridgehead atoms. The van der Waals surface area contributed by atoms with Gasteiger partial charge >= 0.3 is 6.18 Å². The van der Waals surface area contributed by atoms with E-state index < -0.39 is 23.1 Å². The van der Waals surface area contributed by atoms with Gasteiger partial charge in [-0.05, 0) is 29.4 Å². The van der Waals surface area contributed by atoms with Crippen LogP contribution >= 0.6 is 0 Å². The van der Waals surface area contributed by atoms with Gasteiger partial charge in [0.15, 0.2) is 5.65 Å². The number of fused-ring (bicyclic) bond motifs is 1. The highest BCUT2D eigenvalue weighted by Gasteiger charge is 2.35. The molecule has 0 aliphatic rings. The molecule has 0 unspecified atom stereocenters. The molecule has 1 aromatic carbocycles. The van der Waals surface area contributed by atoms with Gasteiger partial charge in [0.1, 0.15) is 0 Å². The van der Waals surface area contributed by atoms with Gasteiger partial charge < -0.3 is 10.2 Å². The summed E-state index contributed by atoms with van der Waals surface area (Å²) in [5.74, 6) is -0.365. The lowest BCUT2D eigenvalue weighted by atomic mass is 9.95. The van der Waals surface area contributed by atoms with E-state index >= 15 is 0 Å². The molecule has 0 saturated carbocycles. The third-order valence-corrected chi connectivity index (χ3v) is 3.97. The molecule has 6 nitrogen and oxygen atoms in total. The number of anilines is 1. The smallest absolute Gasteiger partial charge is 0.359 e. The van der Waals surface area contributed by atoms with E-state index in [1.54, 1.807) is 26.8 Å². The second kappa shape index (κ2) is 6.64. The lowest BCUT2D eigenvalue weighted by Crippen LogP contribution is -2.28. The molecule has 9 heteroatoms. The first-order valence-corrected chi connectivity index (χ1v) is 8.26. The Morgan fingerprint density at radius 3 is 2.50 bits per heavy atom. The predicted molar refractivity (Wildman–Crippen MR) is 97.8 cm³/mol. The van der Waals surface area contributed by atoms with Crippen LogP contribution in [0.25, 0.3) is 21.7 Å². The van der Waals surface area contributed by atoms with Crippen molar-refractivity contribution in [3.05, 3.63) is 53.5 Å². The highest BCUT2D eigenvalue weighted by molar-refractivity contribution is 5.96. The van der Waals surface area contributed by atoms with Gasteiger partial charge in [-0.3, -0.25) is 4.79 Å². The molecule has 3 rings (SSSR count). The normalized spacial score (nSPS) is 12.0. The molecule has 28 heavy (non-hydrogen) atoms. The zero-order valence-corrected chi connectivity index (χ0v) is 15.3. The maximum Gasteiger partial charge on any atom is 0.418 e. The van der Waals surface area contributed by atoms with Crippen molar-refractivity contribution >= 4 is 23.1 Å². The summed E-state index contributed by atoms with van der Waals surface area (Å²) in [5.41, 5.74) is -0.936. The van der Waals surface area contributed by atoms with Gasteiger partial charge in [0, 0.05) is 11.0 Å². The van der Waals surface area contributed by atoms with E-state index in [4.69, 9.17) is 6.57 Å². The van der Waals surface area contributed by atoms with Crippen LogP contribution in [0.4, 0.5) is 24.7 Å². The van der Waals surface area contributed by atoms with E-state index in [9.17, 15) is 18.0 Å². The summed E-state index contributed by atoms with van der Waals surface area (Å²) >= 11 is 0. The summed E-state index contributed by atoms with van der Waals surface area (Å²) in [6.07, 6.45) is -3.11.